The van der Waals surface area contributed by atoms with Gasteiger partial charge in [-0.3, -0.25) is 4.57 Å². The minimum absolute atomic E-state index is 0.467. The molecule has 4 aromatic rings. The van der Waals surface area contributed by atoms with Crippen LogP contribution in [-0.4, -0.2) is 31.7 Å². The molecule has 0 bridgehead atoms. The number of rotatable bonds is 5. The predicted molar refractivity (Wildman–Crippen MR) is 112 cm³/mol. The molecular weight excluding hydrogens is 351 g/mol. The first kappa shape index (κ1) is 18.2. The lowest BCUT2D eigenvalue weighted by Crippen LogP contribution is -2.30. The molecule has 0 aliphatic heterocycles. The molecule has 0 fully saturated rings. The van der Waals surface area contributed by atoms with Gasteiger partial charge in [-0.2, -0.15) is 4.98 Å². The molecule has 6 nitrogen and oxygen atoms in total. The van der Waals surface area contributed by atoms with Gasteiger partial charge in [0.1, 0.15) is 5.82 Å². The van der Waals surface area contributed by atoms with Crippen LogP contribution in [0.15, 0.2) is 60.7 Å². The molecule has 0 spiro atoms. The molecule has 0 aliphatic rings. The Bertz CT molecular complexity index is 1130. The summed E-state index contributed by atoms with van der Waals surface area (Å²) in [6.07, 6.45) is 0. The molecule has 140 valence electrons. The van der Waals surface area contributed by atoms with Gasteiger partial charge in [0.15, 0.2) is 0 Å². The maximum absolute atomic E-state index is 9.66. The minimum atomic E-state index is -1.53. The van der Waals surface area contributed by atoms with Gasteiger partial charge in [-0.15, -0.1) is 0 Å². The molecule has 0 saturated heterocycles. The third-order valence-electron chi connectivity index (χ3n) is 4.70. The van der Waals surface area contributed by atoms with E-state index >= 15 is 0 Å². The lowest BCUT2D eigenvalue weighted by atomic mass is 9.78. The summed E-state index contributed by atoms with van der Waals surface area (Å²) in [5.41, 5.74) is 4.24. The summed E-state index contributed by atoms with van der Waals surface area (Å²) in [5.74, 6) is 1.29. The zero-order valence-corrected chi connectivity index (χ0v) is 15.8. The van der Waals surface area contributed by atoms with E-state index in [-0.39, 0.29) is 0 Å². The van der Waals surface area contributed by atoms with E-state index in [2.05, 4.69) is 22.4 Å². The Balaban J connectivity index is 1.74. The molecule has 0 atom stereocenters. The van der Waals surface area contributed by atoms with Crippen LogP contribution in [0, 0.1) is 13.8 Å². The lowest BCUT2D eigenvalue weighted by Gasteiger charge is -2.12. The van der Waals surface area contributed by atoms with Crippen molar-refractivity contribution in [1.82, 2.24) is 14.5 Å². The zero-order chi connectivity index (χ0) is 19.7. The highest BCUT2D eigenvalue weighted by Gasteiger charge is 2.19. The van der Waals surface area contributed by atoms with Gasteiger partial charge in [-0.1, -0.05) is 42.5 Å². The molecule has 4 rings (SSSR count). The van der Waals surface area contributed by atoms with Crippen LogP contribution in [0.2, 0.25) is 0 Å². The number of nitrogens with one attached hydrogen (secondary N) is 1. The maximum atomic E-state index is 9.66. The number of hydrogen-bond acceptors (Lipinski definition) is 5. The summed E-state index contributed by atoms with van der Waals surface area (Å²) >= 11 is 0. The maximum Gasteiger partial charge on any atom is 0.489 e. The van der Waals surface area contributed by atoms with Crippen molar-refractivity contribution in [3.05, 3.63) is 77.6 Å². The van der Waals surface area contributed by atoms with Crippen molar-refractivity contribution < 1.29 is 10.0 Å². The van der Waals surface area contributed by atoms with Crippen LogP contribution in [-0.2, 0) is 6.54 Å². The van der Waals surface area contributed by atoms with E-state index in [9.17, 15) is 10.0 Å². The van der Waals surface area contributed by atoms with Crippen molar-refractivity contribution in [3.8, 4) is 5.95 Å². The zero-order valence-electron chi connectivity index (χ0n) is 15.8. The fourth-order valence-corrected chi connectivity index (χ4v) is 3.41. The number of fused-ring (bicyclic) bond motifs is 1. The van der Waals surface area contributed by atoms with Crippen molar-refractivity contribution in [1.29, 1.82) is 0 Å². The van der Waals surface area contributed by atoms with Gasteiger partial charge in [0.05, 0.1) is 5.52 Å². The number of hydrogen-bond donors (Lipinski definition) is 3. The molecule has 28 heavy (non-hydrogen) atoms. The van der Waals surface area contributed by atoms with Crippen molar-refractivity contribution in [2.75, 3.05) is 5.32 Å². The molecule has 2 aromatic carbocycles. The highest BCUT2D eigenvalue weighted by atomic mass is 16.4. The lowest BCUT2D eigenvalue weighted by molar-refractivity contribution is 0.426. The van der Waals surface area contributed by atoms with Crippen LogP contribution in [0.4, 0.5) is 5.82 Å². The van der Waals surface area contributed by atoms with E-state index in [0.29, 0.717) is 18.0 Å². The van der Waals surface area contributed by atoms with Crippen LogP contribution in [0.3, 0.4) is 0 Å². The highest BCUT2D eigenvalue weighted by molar-refractivity contribution is 6.61. The second-order valence-electron chi connectivity index (χ2n) is 6.81. The predicted octanol–water partition coefficient (Wildman–Crippen LogP) is 2.33. The second-order valence-corrected chi connectivity index (χ2v) is 6.81. The van der Waals surface area contributed by atoms with Gasteiger partial charge in [-0.05, 0) is 37.0 Å². The van der Waals surface area contributed by atoms with E-state index < -0.39 is 7.12 Å². The van der Waals surface area contributed by atoms with Crippen molar-refractivity contribution in [2.45, 2.75) is 20.4 Å². The molecule has 0 radical (unpaired) electrons. The van der Waals surface area contributed by atoms with Gasteiger partial charge in [0.25, 0.3) is 0 Å². The van der Waals surface area contributed by atoms with Gasteiger partial charge < -0.3 is 15.4 Å². The van der Waals surface area contributed by atoms with E-state index in [1.807, 2.05) is 54.8 Å². The molecule has 2 heterocycles. The molecule has 3 N–H and O–H groups in total. The molecule has 2 aromatic heterocycles. The number of benzene rings is 2. The fraction of sp³-hybridized carbons (Fsp3) is 0.143. The molecule has 0 amide bonds. The average molecular weight is 372 g/mol. The summed E-state index contributed by atoms with van der Waals surface area (Å²) in [6.45, 7) is 4.56. The third kappa shape index (κ3) is 3.50. The van der Waals surface area contributed by atoms with Crippen molar-refractivity contribution in [2.24, 2.45) is 0 Å². The SMILES string of the molecule is Cc1cc(NCc2ccccc2)nc(-n2c(C)cc3c(B(O)O)cccc32)n1. The molecule has 0 aliphatic carbocycles. The van der Waals surface area contributed by atoms with E-state index in [4.69, 9.17) is 4.98 Å². The van der Waals surface area contributed by atoms with Gasteiger partial charge >= 0.3 is 7.12 Å². The minimum Gasteiger partial charge on any atom is -0.423 e. The van der Waals surface area contributed by atoms with Gasteiger partial charge in [0, 0.05) is 29.4 Å². The van der Waals surface area contributed by atoms with E-state index in [0.717, 1.165) is 28.1 Å². The topological polar surface area (TPSA) is 83.2 Å². The standard InChI is InChI=1S/C21H21BN4O2/c1-14-11-20(23-13-16-7-4-3-5-8-16)25-21(24-14)26-15(2)12-17-18(22(27)28)9-6-10-19(17)26/h3-12,27-28H,13H2,1-2H3,(H,23,24,25). The number of nitrogens with zero attached hydrogens (tertiary/aromatic N) is 3. The summed E-state index contributed by atoms with van der Waals surface area (Å²) in [4.78, 5) is 9.30. The van der Waals surface area contributed by atoms with E-state index in [1.54, 1.807) is 12.1 Å². The van der Waals surface area contributed by atoms with Gasteiger partial charge in [-0.25, -0.2) is 4.98 Å². The first-order valence-electron chi connectivity index (χ1n) is 9.14. The molecule has 7 heteroatoms. The number of aryl methyl sites for hydroxylation is 2. The van der Waals surface area contributed by atoms with Crippen LogP contribution in [0.25, 0.3) is 16.9 Å². The summed E-state index contributed by atoms with van der Waals surface area (Å²) in [6, 6.07) is 19.4. The Morgan fingerprint density at radius 1 is 0.964 bits per heavy atom. The van der Waals surface area contributed by atoms with Crippen LogP contribution < -0.4 is 10.8 Å². The monoisotopic (exact) mass is 372 g/mol. The van der Waals surface area contributed by atoms with Crippen LogP contribution in [0.1, 0.15) is 17.0 Å². The normalized spacial score (nSPS) is 11.0. The summed E-state index contributed by atoms with van der Waals surface area (Å²) in [5, 5.41) is 23.5. The second kappa shape index (κ2) is 7.46. The van der Waals surface area contributed by atoms with Crippen molar-refractivity contribution in [3.63, 3.8) is 0 Å². The molecular formula is C21H21BN4O2. The third-order valence-corrected chi connectivity index (χ3v) is 4.70. The highest BCUT2D eigenvalue weighted by Crippen LogP contribution is 2.22. The van der Waals surface area contributed by atoms with Gasteiger partial charge in [0.2, 0.25) is 5.95 Å². The first-order chi connectivity index (χ1) is 13.5. The van der Waals surface area contributed by atoms with Crippen LogP contribution >= 0.6 is 0 Å². The fourth-order valence-electron chi connectivity index (χ4n) is 3.41. The largest absolute Gasteiger partial charge is 0.489 e. The Morgan fingerprint density at radius 2 is 1.75 bits per heavy atom. The Labute approximate surface area is 163 Å². The smallest absolute Gasteiger partial charge is 0.423 e. The van der Waals surface area contributed by atoms with Crippen molar-refractivity contribution >= 4 is 29.3 Å². The quantitative estimate of drug-likeness (QED) is 0.469. The Hall–Kier alpha value is -3.16. The number of aromatic nitrogens is 3. The average Bonchev–Trinajstić information content (AvgIpc) is 3.02. The summed E-state index contributed by atoms with van der Waals surface area (Å²) < 4.78 is 1.93. The van der Waals surface area contributed by atoms with Crippen LogP contribution in [0.5, 0.6) is 0 Å². The number of anilines is 1. The molecule has 0 saturated carbocycles. The van der Waals surface area contributed by atoms with E-state index in [1.165, 1.54) is 5.56 Å². The first-order valence-corrected chi connectivity index (χ1v) is 9.14. The Kier molecular flexibility index (Phi) is 4.85. The Morgan fingerprint density at radius 3 is 2.50 bits per heavy atom. The summed E-state index contributed by atoms with van der Waals surface area (Å²) in [7, 11) is -1.53. The molecule has 0 unspecified atom stereocenters.